The van der Waals surface area contributed by atoms with E-state index in [2.05, 4.69) is 84.9 Å². The number of benzene rings is 4. The summed E-state index contributed by atoms with van der Waals surface area (Å²) in [5.41, 5.74) is 0. The molecular formula is C28H32O5Si2. The maximum absolute atomic E-state index is 8.12. The molecule has 4 aromatic rings. The summed E-state index contributed by atoms with van der Waals surface area (Å²) in [4.78, 5) is 16.2. The Kier molecular flexibility index (Phi) is 15.2. The maximum atomic E-state index is 8.12. The van der Waals surface area contributed by atoms with Gasteiger partial charge >= 0.3 is 14.7 Å². The van der Waals surface area contributed by atoms with E-state index < -0.39 is 8.56 Å². The summed E-state index contributed by atoms with van der Waals surface area (Å²) in [6, 6.07) is 41.8. The molecule has 0 unspecified atom stereocenters. The topological polar surface area (TPSA) is 72.8 Å². The normalized spacial score (nSPS) is 9.60. The Morgan fingerprint density at radius 3 is 1.09 bits per heavy atom. The molecule has 0 bridgehead atoms. The van der Waals surface area contributed by atoms with Crippen molar-refractivity contribution in [3.05, 3.63) is 121 Å². The molecule has 0 amide bonds. The van der Waals surface area contributed by atoms with Crippen LogP contribution < -0.4 is 20.7 Å². The van der Waals surface area contributed by atoms with Gasteiger partial charge in [-0.15, -0.1) is 0 Å². The molecule has 0 fully saturated rings. The molecule has 35 heavy (non-hydrogen) atoms. The number of hydrogen-bond acceptors (Lipinski definition) is 5. The highest BCUT2D eigenvalue weighted by Gasteiger charge is 2.40. The van der Waals surface area contributed by atoms with Gasteiger partial charge in [-0.3, -0.25) is 0 Å². The van der Waals surface area contributed by atoms with Gasteiger partial charge in [0, 0.05) is 21.3 Å². The molecule has 0 saturated heterocycles. The summed E-state index contributed by atoms with van der Waals surface area (Å²) in [6.07, 6.45) is 0.250. The highest BCUT2D eigenvalue weighted by Crippen LogP contribution is 2.07. The second-order valence-corrected chi connectivity index (χ2v) is 12.2. The first-order chi connectivity index (χ1) is 17.2. The lowest BCUT2D eigenvalue weighted by Crippen LogP contribution is -2.62. The minimum atomic E-state index is -2.50. The lowest BCUT2D eigenvalue weighted by Gasteiger charge is -2.27. The minimum absolute atomic E-state index is 0.234. The predicted molar refractivity (Wildman–Crippen MR) is 146 cm³/mol. The van der Waals surface area contributed by atoms with Crippen molar-refractivity contribution >= 4 is 45.0 Å². The van der Waals surface area contributed by atoms with E-state index in [1.54, 1.807) is 14.2 Å². The van der Waals surface area contributed by atoms with E-state index in [1.807, 2.05) is 36.4 Å². The van der Waals surface area contributed by atoms with Crippen LogP contribution in [0.1, 0.15) is 0 Å². The molecule has 0 aromatic heterocycles. The van der Waals surface area contributed by atoms with E-state index >= 15 is 0 Å². The van der Waals surface area contributed by atoms with Crippen LogP contribution in [0.3, 0.4) is 0 Å². The number of aliphatic hydroxyl groups excluding tert-OH is 1. The van der Waals surface area contributed by atoms with E-state index in [4.69, 9.17) is 23.5 Å². The lowest BCUT2D eigenvalue weighted by atomic mass is 10.4. The Morgan fingerprint density at radius 2 is 0.829 bits per heavy atom. The monoisotopic (exact) mass is 504 g/mol. The molecule has 0 spiro atoms. The van der Waals surface area contributed by atoms with Crippen molar-refractivity contribution in [2.75, 3.05) is 21.3 Å². The molecule has 4 aromatic carbocycles. The Labute approximate surface area is 211 Å². The van der Waals surface area contributed by atoms with Crippen molar-refractivity contribution in [3.63, 3.8) is 0 Å². The van der Waals surface area contributed by atoms with E-state index in [0.717, 1.165) is 17.5 Å². The van der Waals surface area contributed by atoms with Crippen LogP contribution in [-0.4, -0.2) is 50.7 Å². The third kappa shape index (κ3) is 9.76. The van der Waals surface area contributed by atoms with Gasteiger partial charge in [-0.1, -0.05) is 132 Å². The average molecular weight is 505 g/mol. The smallest absolute Gasteiger partial charge is 0.400 e. The summed E-state index contributed by atoms with van der Waals surface area (Å²) >= 11 is 0. The first-order valence-electron chi connectivity index (χ1n) is 10.9. The third-order valence-corrected chi connectivity index (χ3v) is 10.1. The van der Waals surface area contributed by atoms with Crippen LogP contribution in [-0.2, 0) is 18.4 Å². The van der Waals surface area contributed by atoms with Crippen molar-refractivity contribution in [1.82, 2.24) is 0 Å². The number of hydrogen-bond donors (Lipinski definition) is 1. The van der Waals surface area contributed by atoms with Crippen LogP contribution in [0.25, 0.3) is 0 Å². The van der Waals surface area contributed by atoms with Gasteiger partial charge in [0.05, 0.1) is 9.52 Å². The average Bonchev–Trinajstić information content (AvgIpc) is 2.94. The van der Waals surface area contributed by atoms with Gasteiger partial charge < -0.3 is 14.0 Å². The second-order valence-electron chi connectivity index (χ2n) is 6.99. The molecule has 0 heterocycles. The zero-order chi connectivity index (χ0) is 25.8. The van der Waals surface area contributed by atoms with Crippen molar-refractivity contribution < 1.29 is 23.5 Å². The number of carbonyl (C=O) groups excluding carboxylic acids is 2. The highest BCUT2D eigenvalue weighted by atomic mass is 28.4. The summed E-state index contributed by atoms with van der Waals surface area (Å²) in [5.74, 6) is 0. The number of rotatable bonds is 6. The Morgan fingerprint density at radius 1 is 0.571 bits per heavy atom. The van der Waals surface area contributed by atoms with Crippen LogP contribution in [0.5, 0.6) is 0 Å². The molecule has 1 N–H and O–H groups in total. The van der Waals surface area contributed by atoms with Crippen LogP contribution in [0.2, 0.25) is 0 Å². The van der Waals surface area contributed by atoms with Crippen LogP contribution in [0.4, 0.5) is 0 Å². The van der Waals surface area contributed by atoms with Crippen LogP contribution >= 0.6 is 0 Å². The van der Waals surface area contributed by atoms with Crippen LogP contribution in [0, 0.1) is 0 Å². The molecule has 5 nitrogen and oxygen atoms in total. The lowest BCUT2D eigenvalue weighted by molar-refractivity contribution is -0.191. The summed E-state index contributed by atoms with van der Waals surface area (Å²) in [7, 11) is 1.71. The molecule has 0 radical (unpaired) electrons. The largest absolute Gasteiger partial charge is 0.406 e. The van der Waals surface area contributed by atoms with E-state index in [1.165, 1.54) is 10.4 Å². The highest BCUT2D eigenvalue weighted by molar-refractivity contribution is 6.92. The van der Waals surface area contributed by atoms with Crippen molar-refractivity contribution in [2.24, 2.45) is 0 Å². The molecule has 0 atom stereocenters. The fourth-order valence-corrected chi connectivity index (χ4v) is 7.66. The molecule has 0 saturated carbocycles. The summed E-state index contributed by atoms with van der Waals surface area (Å²) in [6.45, 7) is 0. The molecule has 7 heteroatoms. The number of aliphatic hydroxyl groups is 1. The standard InChI is InChI=1S/C14H16O2Si.C12H12Si.CO2.CH4O/c1-15-17(16-2,13-9-5-3-6-10-13)14-11-7-4-8-12-14;1-3-7-11(8-4-1)13-12-9-5-2-6-10-12;2-1-3;1-2/h3-12H,1-2H3;1-10H,13H2;;2H,1H3. The Hall–Kier alpha value is -3.43. The van der Waals surface area contributed by atoms with E-state index in [-0.39, 0.29) is 15.7 Å². The fraction of sp³-hybridized carbons (Fsp3) is 0.107. The second kappa shape index (κ2) is 18.0. The Bertz CT molecular complexity index is 990. The fourth-order valence-electron chi connectivity index (χ4n) is 3.46. The van der Waals surface area contributed by atoms with E-state index in [0.29, 0.717) is 0 Å². The molecule has 4 rings (SSSR count). The summed E-state index contributed by atoms with van der Waals surface area (Å²) < 4.78 is 11.6. The third-order valence-electron chi connectivity index (χ3n) is 4.98. The molecule has 0 aliphatic carbocycles. The van der Waals surface area contributed by atoms with Gasteiger partial charge in [0.2, 0.25) is 0 Å². The van der Waals surface area contributed by atoms with Crippen molar-refractivity contribution in [3.8, 4) is 0 Å². The predicted octanol–water partition coefficient (Wildman–Crippen LogP) is 1.37. The maximum Gasteiger partial charge on any atom is 0.406 e. The van der Waals surface area contributed by atoms with Gasteiger partial charge in [-0.25, -0.2) is 0 Å². The van der Waals surface area contributed by atoms with Gasteiger partial charge in [0.15, 0.2) is 0 Å². The first kappa shape index (κ1) is 29.6. The molecular weight excluding hydrogens is 472 g/mol. The zero-order valence-corrected chi connectivity index (χ0v) is 22.7. The SMILES string of the molecule is CO.CO[Si](OC)(c1ccccc1)c1ccccc1.O=C=O.c1ccc([SiH2]c2ccccc2)cc1. The quantitative estimate of drug-likeness (QED) is 0.402. The van der Waals surface area contributed by atoms with Crippen molar-refractivity contribution in [1.29, 1.82) is 0 Å². The zero-order valence-electron chi connectivity index (χ0n) is 20.3. The van der Waals surface area contributed by atoms with Gasteiger partial charge in [-0.2, -0.15) is 9.59 Å². The first-order valence-corrected chi connectivity index (χ1v) is 14.2. The van der Waals surface area contributed by atoms with Gasteiger partial charge in [0.25, 0.3) is 0 Å². The minimum Gasteiger partial charge on any atom is -0.400 e. The molecule has 182 valence electrons. The summed E-state index contributed by atoms with van der Waals surface area (Å²) in [5, 5.41) is 12.3. The van der Waals surface area contributed by atoms with Crippen molar-refractivity contribution in [2.45, 2.75) is 0 Å². The molecule has 0 aliphatic heterocycles. The van der Waals surface area contributed by atoms with Gasteiger partial charge in [0.1, 0.15) is 0 Å². The van der Waals surface area contributed by atoms with Gasteiger partial charge in [-0.05, 0) is 10.4 Å². The van der Waals surface area contributed by atoms with E-state index in [9.17, 15) is 0 Å². The van der Waals surface area contributed by atoms with Crippen LogP contribution in [0.15, 0.2) is 121 Å². The Balaban J connectivity index is 0.000000303. The molecule has 0 aliphatic rings.